The summed E-state index contributed by atoms with van der Waals surface area (Å²) in [4.78, 5) is 47.6. The summed E-state index contributed by atoms with van der Waals surface area (Å²) in [5.74, 6) is -2.26. The Balaban J connectivity index is 1.70. The summed E-state index contributed by atoms with van der Waals surface area (Å²) in [6, 6.07) is 14.5. The third-order valence-corrected chi connectivity index (χ3v) is 4.37. The SMILES string of the molecule is C[C@H](NC(=O)c1ccccc1)C(=O)OCC(=O)NCC(=O)Nc1ccccc1Br. The van der Waals surface area contributed by atoms with Gasteiger partial charge in [-0.25, -0.2) is 4.79 Å². The quantitative estimate of drug-likeness (QED) is 0.519. The molecule has 29 heavy (non-hydrogen) atoms. The van der Waals surface area contributed by atoms with Crippen molar-refractivity contribution in [2.24, 2.45) is 0 Å². The van der Waals surface area contributed by atoms with Gasteiger partial charge in [-0.3, -0.25) is 14.4 Å². The summed E-state index contributed by atoms with van der Waals surface area (Å²) in [5, 5.41) is 7.47. The molecule has 0 bridgehead atoms. The van der Waals surface area contributed by atoms with E-state index in [1.807, 2.05) is 0 Å². The first-order chi connectivity index (χ1) is 13.9. The van der Waals surface area contributed by atoms with Crippen molar-refractivity contribution in [3.8, 4) is 0 Å². The van der Waals surface area contributed by atoms with Gasteiger partial charge in [-0.2, -0.15) is 0 Å². The molecule has 2 rings (SSSR count). The molecule has 0 saturated carbocycles. The van der Waals surface area contributed by atoms with Gasteiger partial charge in [0.2, 0.25) is 5.91 Å². The highest BCUT2D eigenvalue weighted by Crippen LogP contribution is 2.20. The largest absolute Gasteiger partial charge is 0.454 e. The molecule has 9 heteroatoms. The fourth-order valence-corrected chi connectivity index (χ4v) is 2.56. The lowest BCUT2D eigenvalue weighted by atomic mass is 10.2. The molecule has 1 atom stereocenters. The van der Waals surface area contributed by atoms with E-state index in [-0.39, 0.29) is 6.54 Å². The van der Waals surface area contributed by atoms with Crippen LogP contribution in [0.25, 0.3) is 0 Å². The monoisotopic (exact) mass is 461 g/mol. The number of nitrogens with one attached hydrogen (secondary N) is 3. The van der Waals surface area contributed by atoms with E-state index in [9.17, 15) is 19.2 Å². The topological polar surface area (TPSA) is 114 Å². The van der Waals surface area contributed by atoms with Gasteiger partial charge in [0.15, 0.2) is 6.61 Å². The van der Waals surface area contributed by atoms with Crippen molar-refractivity contribution in [1.29, 1.82) is 0 Å². The van der Waals surface area contributed by atoms with Crippen LogP contribution >= 0.6 is 15.9 Å². The number of hydrogen-bond acceptors (Lipinski definition) is 5. The zero-order valence-corrected chi connectivity index (χ0v) is 17.2. The molecule has 0 heterocycles. The molecule has 0 aliphatic rings. The first-order valence-electron chi connectivity index (χ1n) is 8.70. The van der Waals surface area contributed by atoms with E-state index in [0.29, 0.717) is 15.7 Å². The second-order valence-electron chi connectivity index (χ2n) is 5.97. The normalized spacial score (nSPS) is 11.1. The lowest BCUT2D eigenvalue weighted by Gasteiger charge is -2.13. The fourth-order valence-electron chi connectivity index (χ4n) is 2.18. The zero-order valence-electron chi connectivity index (χ0n) is 15.6. The van der Waals surface area contributed by atoms with Gasteiger partial charge >= 0.3 is 5.97 Å². The highest BCUT2D eigenvalue weighted by molar-refractivity contribution is 9.10. The minimum absolute atomic E-state index is 0.280. The van der Waals surface area contributed by atoms with Crippen LogP contribution in [0.2, 0.25) is 0 Å². The van der Waals surface area contributed by atoms with Crippen molar-refractivity contribution in [2.45, 2.75) is 13.0 Å². The average Bonchev–Trinajstić information content (AvgIpc) is 2.72. The molecule has 0 saturated heterocycles. The minimum Gasteiger partial charge on any atom is -0.454 e. The lowest BCUT2D eigenvalue weighted by Crippen LogP contribution is -2.41. The molecule has 2 aromatic rings. The third kappa shape index (κ3) is 7.38. The number of halogens is 1. The molecule has 3 N–H and O–H groups in total. The van der Waals surface area contributed by atoms with E-state index in [1.54, 1.807) is 54.6 Å². The molecule has 0 aromatic heterocycles. The molecule has 2 aromatic carbocycles. The maximum absolute atomic E-state index is 12.0. The van der Waals surface area contributed by atoms with E-state index >= 15 is 0 Å². The van der Waals surface area contributed by atoms with E-state index in [0.717, 1.165) is 0 Å². The number of benzene rings is 2. The second kappa shape index (κ2) is 11.0. The highest BCUT2D eigenvalue weighted by Gasteiger charge is 2.19. The van der Waals surface area contributed by atoms with Crippen LogP contribution in [0, 0.1) is 0 Å². The highest BCUT2D eigenvalue weighted by atomic mass is 79.9. The summed E-state index contributed by atoms with van der Waals surface area (Å²) >= 11 is 3.30. The number of para-hydroxylation sites is 1. The molecular weight excluding hydrogens is 442 g/mol. The first-order valence-corrected chi connectivity index (χ1v) is 9.49. The maximum atomic E-state index is 12.0. The Morgan fingerprint density at radius 2 is 1.62 bits per heavy atom. The third-order valence-electron chi connectivity index (χ3n) is 3.68. The Morgan fingerprint density at radius 3 is 2.31 bits per heavy atom. The Labute approximate surface area is 176 Å². The van der Waals surface area contributed by atoms with Crippen LogP contribution in [0.4, 0.5) is 5.69 Å². The van der Waals surface area contributed by atoms with Crippen molar-refractivity contribution in [3.05, 3.63) is 64.6 Å². The molecule has 0 aliphatic carbocycles. The smallest absolute Gasteiger partial charge is 0.328 e. The van der Waals surface area contributed by atoms with Gasteiger partial charge < -0.3 is 20.7 Å². The first kappa shape index (κ1) is 22.1. The molecular formula is C20H20BrN3O5. The average molecular weight is 462 g/mol. The number of carbonyl (C=O) groups is 4. The maximum Gasteiger partial charge on any atom is 0.328 e. The van der Waals surface area contributed by atoms with Crippen molar-refractivity contribution >= 4 is 45.3 Å². The number of amides is 3. The minimum atomic E-state index is -0.936. The summed E-state index contributed by atoms with van der Waals surface area (Å²) < 4.78 is 5.58. The van der Waals surface area contributed by atoms with Gasteiger partial charge in [-0.1, -0.05) is 30.3 Å². The van der Waals surface area contributed by atoms with Crippen LogP contribution in [-0.2, 0) is 19.1 Å². The van der Waals surface area contributed by atoms with Gasteiger partial charge in [-0.05, 0) is 47.1 Å². The molecule has 152 valence electrons. The van der Waals surface area contributed by atoms with Gasteiger partial charge in [-0.15, -0.1) is 0 Å². The Hall–Kier alpha value is -3.20. The number of ether oxygens (including phenoxy) is 1. The van der Waals surface area contributed by atoms with E-state index in [2.05, 4.69) is 31.9 Å². The molecule has 3 amide bonds. The number of carbonyl (C=O) groups excluding carboxylic acids is 4. The predicted molar refractivity (Wildman–Crippen MR) is 110 cm³/mol. The van der Waals surface area contributed by atoms with Crippen LogP contribution in [0.15, 0.2) is 59.1 Å². The molecule has 0 radical (unpaired) electrons. The predicted octanol–water partition coefficient (Wildman–Crippen LogP) is 1.87. The lowest BCUT2D eigenvalue weighted by molar-refractivity contribution is -0.150. The Kier molecular flexibility index (Phi) is 8.35. The standard InChI is InChI=1S/C20H20BrN3O5/c1-13(23-19(27)14-7-3-2-4-8-14)20(28)29-12-18(26)22-11-17(25)24-16-10-6-5-9-15(16)21/h2-10,13H,11-12H2,1H3,(H,22,26)(H,23,27)(H,24,25)/t13-/m0/s1. The van der Waals surface area contributed by atoms with E-state index < -0.39 is 36.3 Å². The number of hydrogen-bond donors (Lipinski definition) is 3. The van der Waals surface area contributed by atoms with Crippen LogP contribution in [-0.4, -0.2) is 42.9 Å². The van der Waals surface area contributed by atoms with Crippen molar-refractivity contribution in [1.82, 2.24) is 10.6 Å². The Morgan fingerprint density at radius 1 is 0.966 bits per heavy atom. The molecule has 0 aliphatic heterocycles. The number of esters is 1. The number of anilines is 1. The van der Waals surface area contributed by atoms with Gasteiger partial charge in [0.05, 0.1) is 12.2 Å². The summed E-state index contributed by atoms with van der Waals surface area (Å²) in [6.07, 6.45) is 0. The second-order valence-corrected chi connectivity index (χ2v) is 6.83. The van der Waals surface area contributed by atoms with Gasteiger partial charge in [0, 0.05) is 10.0 Å². The van der Waals surface area contributed by atoms with Gasteiger partial charge in [0.1, 0.15) is 6.04 Å². The van der Waals surface area contributed by atoms with Crippen molar-refractivity contribution in [2.75, 3.05) is 18.5 Å². The molecule has 0 unspecified atom stereocenters. The summed E-state index contributed by atoms with van der Waals surface area (Å²) in [6.45, 7) is 0.608. The van der Waals surface area contributed by atoms with Crippen molar-refractivity contribution in [3.63, 3.8) is 0 Å². The van der Waals surface area contributed by atoms with Crippen LogP contribution < -0.4 is 16.0 Å². The van der Waals surface area contributed by atoms with Crippen molar-refractivity contribution < 1.29 is 23.9 Å². The zero-order chi connectivity index (χ0) is 21.2. The molecule has 0 spiro atoms. The number of rotatable bonds is 8. The molecule has 8 nitrogen and oxygen atoms in total. The van der Waals surface area contributed by atoms with E-state index in [1.165, 1.54) is 6.92 Å². The summed E-state index contributed by atoms with van der Waals surface area (Å²) in [5.41, 5.74) is 0.974. The van der Waals surface area contributed by atoms with Crippen LogP contribution in [0.1, 0.15) is 17.3 Å². The Bertz CT molecular complexity index is 889. The van der Waals surface area contributed by atoms with Crippen LogP contribution in [0.5, 0.6) is 0 Å². The summed E-state index contributed by atoms with van der Waals surface area (Å²) in [7, 11) is 0. The fraction of sp³-hybridized carbons (Fsp3) is 0.200. The van der Waals surface area contributed by atoms with Crippen LogP contribution in [0.3, 0.4) is 0 Å². The van der Waals surface area contributed by atoms with E-state index in [4.69, 9.17) is 4.74 Å². The molecule has 0 fully saturated rings. The van der Waals surface area contributed by atoms with Gasteiger partial charge in [0.25, 0.3) is 11.8 Å².